The zero-order valence-electron chi connectivity index (χ0n) is 12.1. The van der Waals surface area contributed by atoms with Crippen molar-refractivity contribution in [2.75, 3.05) is 17.7 Å². The predicted molar refractivity (Wildman–Crippen MR) is 81.8 cm³/mol. The first-order valence-corrected chi connectivity index (χ1v) is 6.76. The van der Waals surface area contributed by atoms with Crippen molar-refractivity contribution in [2.45, 2.75) is 19.8 Å². The monoisotopic (exact) mass is 286 g/mol. The highest BCUT2D eigenvalue weighted by Crippen LogP contribution is 2.18. The Morgan fingerprint density at radius 1 is 1.10 bits per heavy atom. The van der Waals surface area contributed by atoms with Crippen molar-refractivity contribution in [2.24, 2.45) is 0 Å². The number of nitrogens with zero attached hydrogens (tertiary/aromatic N) is 2. The quantitative estimate of drug-likeness (QED) is 0.853. The fraction of sp³-hybridized carbons (Fsp3) is 0.267. The van der Waals surface area contributed by atoms with Gasteiger partial charge < -0.3 is 15.4 Å². The van der Waals surface area contributed by atoms with E-state index >= 15 is 0 Å². The first-order valence-electron chi connectivity index (χ1n) is 6.76. The molecule has 0 aliphatic heterocycles. The Morgan fingerprint density at radius 2 is 1.76 bits per heavy atom. The molecular weight excluding hydrogens is 268 g/mol. The molecule has 0 saturated carbocycles. The summed E-state index contributed by atoms with van der Waals surface area (Å²) in [6.07, 6.45) is 1.28. The summed E-state index contributed by atoms with van der Waals surface area (Å²) in [5, 5.41) is 13.8. The number of amides is 1. The van der Waals surface area contributed by atoms with Gasteiger partial charge in [-0.1, -0.05) is 6.92 Å². The molecule has 0 fully saturated rings. The van der Waals surface area contributed by atoms with Gasteiger partial charge in [0.2, 0.25) is 5.91 Å². The molecule has 110 valence electrons. The standard InChI is InChI=1S/C15H18N4O2/c1-3-4-15(20)17-14-10-9-13(18-19-14)16-11-5-7-12(21-2)8-6-11/h5-10H,3-4H2,1-2H3,(H,16,18)(H,17,19,20). The highest BCUT2D eigenvalue weighted by atomic mass is 16.5. The Bertz CT molecular complexity index is 582. The second kappa shape index (κ2) is 7.23. The molecule has 1 heterocycles. The fourth-order valence-corrected chi connectivity index (χ4v) is 1.72. The van der Waals surface area contributed by atoms with Gasteiger partial charge in [-0.05, 0) is 42.8 Å². The van der Waals surface area contributed by atoms with Crippen LogP contribution in [0.25, 0.3) is 0 Å². The van der Waals surface area contributed by atoms with Crippen LogP contribution in [-0.2, 0) is 4.79 Å². The van der Waals surface area contributed by atoms with Crippen molar-refractivity contribution < 1.29 is 9.53 Å². The van der Waals surface area contributed by atoms with E-state index in [1.54, 1.807) is 19.2 Å². The SMILES string of the molecule is CCCC(=O)Nc1ccc(Nc2ccc(OC)cc2)nn1. The van der Waals surface area contributed by atoms with E-state index in [9.17, 15) is 4.79 Å². The Kier molecular flexibility index (Phi) is 5.09. The number of ether oxygens (including phenoxy) is 1. The number of carbonyl (C=O) groups is 1. The van der Waals surface area contributed by atoms with Crippen molar-refractivity contribution >= 4 is 23.2 Å². The maximum atomic E-state index is 11.4. The van der Waals surface area contributed by atoms with E-state index in [-0.39, 0.29) is 5.91 Å². The van der Waals surface area contributed by atoms with Gasteiger partial charge in [0.25, 0.3) is 0 Å². The second-order valence-electron chi connectivity index (χ2n) is 4.46. The summed E-state index contributed by atoms with van der Waals surface area (Å²) in [6, 6.07) is 11.0. The first-order chi connectivity index (χ1) is 10.2. The third-order valence-electron chi connectivity index (χ3n) is 2.77. The van der Waals surface area contributed by atoms with E-state index in [1.807, 2.05) is 31.2 Å². The lowest BCUT2D eigenvalue weighted by atomic mass is 10.3. The van der Waals surface area contributed by atoms with Gasteiger partial charge in [-0.3, -0.25) is 4.79 Å². The van der Waals surface area contributed by atoms with E-state index in [2.05, 4.69) is 20.8 Å². The summed E-state index contributed by atoms with van der Waals surface area (Å²) >= 11 is 0. The number of hydrogen-bond acceptors (Lipinski definition) is 5. The Balaban J connectivity index is 1.96. The molecule has 0 aliphatic rings. The number of hydrogen-bond donors (Lipinski definition) is 2. The smallest absolute Gasteiger partial charge is 0.225 e. The fourth-order valence-electron chi connectivity index (χ4n) is 1.72. The molecule has 6 heteroatoms. The normalized spacial score (nSPS) is 10.0. The summed E-state index contributed by atoms with van der Waals surface area (Å²) in [4.78, 5) is 11.4. The Hall–Kier alpha value is -2.63. The molecule has 0 saturated heterocycles. The summed E-state index contributed by atoms with van der Waals surface area (Å²) in [5.41, 5.74) is 0.882. The number of aromatic nitrogens is 2. The molecule has 0 bridgehead atoms. The third kappa shape index (κ3) is 4.45. The van der Waals surface area contributed by atoms with E-state index in [0.29, 0.717) is 18.1 Å². The summed E-state index contributed by atoms with van der Waals surface area (Å²) in [6.45, 7) is 1.95. The highest BCUT2D eigenvalue weighted by Gasteiger charge is 2.03. The van der Waals surface area contributed by atoms with Crippen LogP contribution in [0.4, 0.5) is 17.3 Å². The van der Waals surface area contributed by atoms with Crippen LogP contribution < -0.4 is 15.4 Å². The Morgan fingerprint density at radius 3 is 2.33 bits per heavy atom. The van der Waals surface area contributed by atoms with Gasteiger partial charge in [0.1, 0.15) is 5.75 Å². The predicted octanol–water partition coefficient (Wildman–Crippen LogP) is 2.97. The Labute approximate surface area is 123 Å². The van der Waals surface area contributed by atoms with E-state index in [1.165, 1.54) is 0 Å². The topological polar surface area (TPSA) is 76.1 Å². The minimum absolute atomic E-state index is 0.0531. The van der Waals surface area contributed by atoms with Crippen molar-refractivity contribution in [3.05, 3.63) is 36.4 Å². The van der Waals surface area contributed by atoms with E-state index in [0.717, 1.165) is 17.9 Å². The number of nitrogens with one attached hydrogen (secondary N) is 2. The lowest BCUT2D eigenvalue weighted by molar-refractivity contribution is -0.116. The molecular formula is C15H18N4O2. The van der Waals surface area contributed by atoms with Gasteiger partial charge >= 0.3 is 0 Å². The van der Waals surface area contributed by atoms with Crippen LogP contribution in [0.2, 0.25) is 0 Å². The third-order valence-corrected chi connectivity index (χ3v) is 2.77. The van der Waals surface area contributed by atoms with Crippen LogP contribution in [0.1, 0.15) is 19.8 Å². The van der Waals surface area contributed by atoms with Gasteiger partial charge in [0.05, 0.1) is 7.11 Å². The summed E-state index contributed by atoms with van der Waals surface area (Å²) < 4.78 is 5.10. The minimum Gasteiger partial charge on any atom is -0.497 e. The molecule has 0 atom stereocenters. The van der Waals surface area contributed by atoms with Crippen molar-refractivity contribution in [1.29, 1.82) is 0 Å². The van der Waals surface area contributed by atoms with Crippen LogP contribution in [0.5, 0.6) is 5.75 Å². The maximum Gasteiger partial charge on any atom is 0.225 e. The first kappa shape index (κ1) is 14.8. The van der Waals surface area contributed by atoms with Gasteiger partial charge in [0, 0.05) is 12.1 Å². The lowest BCUT2D eigenvalue weighted by Gasteiger charge is -2.07. The minimum atomic E-state index is -0.0531. The number of methoxy groups -OCH3 is 1. The zero-order valence-corrected chi connectivity index (χ0v) is 12.1. The van der Waals surface area contributed by atoms with Crippen molar-refractivity contribution in [1.82, 2.24) is 10.2 Å². The van der Waals surface area contributed by atoms with Crippen LogP contribution in [0.15, 0.2) is 36.4 Å². The average molecular weight is 286 g/mol. The summed E-state index contributed by atoms with van der Waals surface area (Å²) in [7, 11) is 1.62. The van der Waals surface area contributed by atoms with Crippen LogP contribution in [-0.4, -0.2) is 23.2 Å². The maximum absolute atomic E-state index is 11.4. The molecule has 0 unspecified atom stereocenters. The van der Waals surface area contributed by atoms with Crippen LogP contribution in [0.3, 0.4) is 0 Å². The number of anilines is 3. The van der Waals surface area contributed by atoms with E-state index < -0.39 is 0 Å². The van der Waals surface area contributed by atoms with Gasteiger partial charge in [-0.25, -0.2) is 0 Å². The van der Waals surface area contributed by atoms with Gasteiger partial charge in [0.15, 0.2) is 11.6 Å². The lowest BCUT2D eigenvalue weighted by Crippen LogP contribution is -2.12. The van der Waals surface area contributed by atoms with Gasteiger partial charge in [-0.15, -0.1) is 10.2 Å². The largest absolute Gasteiger partial charge is 0.497 e. The molecule has 0 radical (unpaired) electrons. The van der Waals surface area contributed by atoms with Crippen molar-refractivity contribution in [3.63, 3.8) is 0 Å². The van der Waals surface area contributed by atoms with Crippen LogP contribution >= 0.6 is 0 Å². The molecule has 6 nitrogen and oxygen atoms in total. The van der Waals surface area contributed by atoms with Crippen LogP contribution in [0, 0.1) is 0 Å². The molecule has 1 amide bonds. The van der Waals surface area contributed by atoms with Gasteiger partial charge in [-0.2, -0.15) is 0 Å². The molecule has 21 heavy (non-hydrogen) atoms. The number of carbonyl (C=O) groups excluding carboxylic acids is 1. The molecule has 0 aliphatic carbocycles. The van der Waals surface area contributed by atoms with E-state index in [4.69, 9.17) is 4.74 Å². The molecule has 1 aromatic heterocycles. The average Bonchev–Trinajstić information content (AvgIpc) is 2.50. The number of rotatable bonds is 6. The highest BCUT2D eigenvalue weighted by molar-refractivity contribution is 5.89. The molecule has 1 aromatic carbocycles. The molecule has 2 rings (SSSR count). The second-order valence-corrected chi connectivity index (χ2v) is 4.46. The van der Waals surface area contributed by atoms with Crippen molar-refractivity contribution in [3.8, 4) is 5.75 Å². The summed E-state index contributed by atoms with van der Waals surface area (Å²) in [5.74, 6) is 1.80. The molecule has 0 spiro atoms. The number of benzene rings is 1. The molecule has 2 aromatic rings. The molecule has 2 N–H and O–H groups in total. The zero-order chi connectivity index (χ0) is 15.1.